The van der Waals surface area contributed by atoms with Crippen molar-refractivity contribution in [2.24, 2.45) is 11.0 Å². The van der Waals surface area contributed by atoms with Crippen molar-refractivity contribution in [1.82, 2.24) is 19.9 Å². The summed E-state index contributed by atoms with van der Waals surface area (Å²) in [7, 11) is 0. The van der Waals surface area contributed by atoms with E-state index in [2.05, 4.69) is 15.1 Å². The van der Waals surface area contributed by atoms with E-state index in [1.165, 1.54) is 17.4 Å². The summed E-state index contributed by atoms with van der Waals surface area (Å²) in [5.74, 6) is -1.04. The van der Waals surface area contributed by atoms with Crippen LogP contribution in [0.1, 0.15) is 24.1 Å². The average molecular weight is 389 g/mol. The molecule has 9 heteroatoms. The van der Waals surface area contributed by atoms with Gasteiger partial charge in [-0.15, -0.1) is 0 Å². The summed E-state index contributed by atoms with van der Waals surface area (Å²) in [6.07, 6.45) is 5.70. The van der Waals surface area contributed by atoms with Crippen LogP contribution in [-0.2, 0) is 0 Å². The standard InChI is InChI=1S/C19H21F2N5O2/c1-11-12(2)22-10-23-18(11)28-16-8-25(9-16)19(27)26-17(3-4-24-26)13-5-14(20)7-15(21)6-13/h4-5,7,10,13,16-17H,3,6,8-9H2,1-2H3/t13?,17-/m0/s1. The highest BCUT2D eigenvalue weighted by Crippen LogP contribution is 2.33. The van der Waals surface area contributed by atoms with E-state index >= 15 is 0 Å². The number of carbonyl (C=O) groups is 1. The number of hydrogen-bond donors (Lipinski definition) is 0. The Morgan fingerprint density at radius 2 is 2.04 bits per heavy atom. The zero-order valence-corrected chi connectivity index (χ0v) is 15.7. The minimum absolute atomic E-state index is 0.0727. The Balaban J connectivity index is 1.36. The number of hydrazone groups is 1. The summed E-state index contributed by atoms with van der Waals surface area (Å²) in [4.78, 5) is 22.7. The van der Waals surface area contributed by atoms with Crippen molar-refractivity contribution in [3.05, 3.63) is 41.4 Å². The van der Waals surface area contributed by atoms with Crippen LogP contribution in [0.15, 0.2) is 35.2 Å². The van der Waals surface area contributed by atoms with Crippen LogP contribution in [0.5, 0.6) is 5.88 Å². The van der Waals surface area contributed by atoms with Crippen LogP contribution in [0.3, 0.4) is 0 Å². The molecule has 0 saturated carbocycles. The van der Waals surface area contributed by atoms with E-state index in [9.17, 15) is 13.6 Å². The molecule has 148 valence electrons. The maximum Gasteiger partial charge on any atom is 0.340 e. The smallest absolute Gasteiger partial charge is 0.340 e. The molecule has 1 aromatic rings. The molecule has 1 saturated heterocycles. The molecule has 0 aromatic carbocycles. The number of allylic oxidation sites excluding steroid dienone is 3. The van der Waals surface area contributed by atoms with E-state index in [4.69, 9.17) is 4.74 Å². The van der Waals surface area contributed by atoms with Gasteiger partial charge in [-0.1, -0.05) is 0 Å². The average Bonchev–Trinajstić information content (AvgIpc) is 3.09. The van der Waals surface area contributed by atoms with Crippen LogP contribution < -0.4 is 4.74 Å². The molecule has 0 bridgehead atoms. The van der Waals surface area contributed by atoms with E-state index in [0.29, 0.717) is 25.4 Å². The molecule has 0 radical (unpaired) electrons. The number of aryl methyl sites for hydroxylation is 1. The maximum atomic E-state index is 13.6. The lowest BCUT2D eigenvalue weighted by Crippen LogP contribution is -2.60. The lowest BCUT2D eigenvalue weighted by Gasteiger charge is -2.41. The van der Waals surface area contributed by atoms with Gasteiger partial charge in [0.15, 0.2) is 0 Å². The van der Waals surface area contributed by atoms with Gasteiger partial charge in [-0.25, -0.2) is 28.6 Å². The van der Waals surface area contributed by atoms with E-state index in [1.807, 2.05) is 13.8 Å². The number of carbonyl (C=O) groups excluding carboxylic acids is 1. The fourth-order valence-electron chi connectivity index (χ4n) is 3.58. The number of aromatic nitrogens is 2. The van der Waals surface area contributed by atoms with Crippen molar-refractivity contribution in [2.75, 3.05) is 13.1 Å². The SMILES string of the molecule is Cc1ncnc(OC2CN(C(=O)N3N=CC[C@H]3C3C=C(F)C=C(F)C3)C2)c1C. The van der Waals surface area contributed by atoms with Crippen molar-refractivity contribution < 1.29 is 18.3 Å². The maximum absolute atomic E-state index is 13.6. The Bertz CT molecular complexity index is 879. The van der Waals surface area contributed by atoms with Crippen LogP contribution in [-0.4, -0.2) is 57.4 Å². The number of urea groups is 1. The van der Waals surface area contributed by atoms with E-state index < -0.39 is 17.6 Å². The third-order valence-electron chi connectivity index (χ3n) is 5.34. The van der Waals surface area contributed by atoms with Crippen molar-refractivity contribution in [1.29, 1.82) is 0 Å². The molecule has 3 heterocycles. The highest BCUT2D eigenvalue weighted by molar-refractivity contribution is 5.79. The molecule has 0 spiro atoms. The zero-order valence-electron chi connectivity index (χ0n) is 15.7. The van der Waals surface area contributed by atoms with Crippen LogP contribution in [0, 0.1) is 19.8 Å². The van der Waals surface area contributed by atoms with Crippen molar-refractivity contribution in [2.45, 2.75) is 38.8 Å². The van der Waals surface area contributed by atoms with Gasteiger partial charge in [0.25, 0.3) is 0 Å². The molecule has 2 atom stereocenters. The first-order chi connectivity index (χ1) is 13.4. The van der Waals surface area contributed by atoms with Gasteiger partial charge in [-0.05, 0) is 19.9 Å². The summed E-state index contributed by atoms with van der Waals surface area (Å²) in [5, 5.41) is 5.48. The first-order valence-corrected chi connectivity index (χ1v) is 9.21. The second-order valence-electron chi connectivity index (χ2n) is 7.27. The summed E-state index contributed by atoms with van der Waals surface area (Å²) >= 11 is 0. The minimum atomic E-state index is -0.610. The summed E-state index contributed by atoms with van der Waals surface area (Å²) in [5.41, 5.74) is 1.72. The zero-order chi connectivity index (χ0) is 19.8. The quantitative estimate of drug-likeness (QED) is 0.797. The molecule has 4 rings (SSSR count). The predicted molar refractivity (Wildman–Crippen MR) is 98.1 cm³/mol. The summed E-state index contributed by atoms with van der Waals surface area (Å²) < 4.78 is 33.1. The molecule has 2 aliphatic heterocycles. The number of ether oxygens (including phenoxy) is 1. The Morgan fingerprint density at radius 3 is 2.79 bits per heavy atom. The van der Waals surface area contributed by atoms with E-state index in [1.54, 1.807) is 11.1 Å². The molecule has 0 N–H and O–H groups in total. The molecule has 1 fully saturated rings. The third kappa shape index (κ3) is 3.48. The fraction of sp³-hybridized carbons (Fsp3) is 0.474. The summed E-state index contributed by atoms with van der Waals surface area (Å²) in [6.45, 7) is 4.58. The predicted octanol–water partition coefficient (Wildman–Crippen LogP) is 3.06. The van der Waals surface area contributed by atoms with Gasteiger partial charge in [0, 0.05) is 42.3 Å². The number of rotatable bonds is 3. The molecular formula is C19H21F2N5O2. The molecule has 7 nitrogen and oxygen atoms in total. The lowest BCUT2D eigenvalue weighted by atomic mass is 9.90. The molecule has 1 aliphatic carbocycles. The first kappa shape index (κ1) is 18.5. The molecule has 28 heavy (non-hydrogen) atoms. The van der Waals surface area contributed by atoms with Gasteiger partial charge in [0.1, 0.15) is 24.1 Å². The summed E-state index contributed by atoms with van der Waals surface area (Å²) in [6, 6.07) is -0.664. The monoisotopic (exact) mass is 389 g/mol. The fourth-order valence-corrected chi connectivity index (χ4v) is 3.58. The van der Waals surface area contributed by atoms with Gasteiger partial charge in [0.2, 0.25) is 5.88 Å². The molecule has 2 amide bonds. The normalized spacial score (nSPS) is 24.7. The molecule has 1 unspecified atom stereocenters. The van der Waals surface area contributed by atoms with E-state index in [-0.39, 0.29) is 24.6 Å². The molecule has 1 aromatic heterocycles. The Labute approximate surface area is 161 Å². The van der Waals surface area contributed by atoms with Gasteiger partial charge < -0.3 is 9.64 Å². The largest absolute Gasteiger partial charge is 0.470 e. The number of amides is 2. The molecular weight excluding hydrogens is 368 g/mol. The Morgan fingerprint density at radius 1 is 1.25 bits per heavy atom. The van der Waals surface area contributed by atoms with Crippen molar-refractivity contribution in [3.8, 4) is 5.88 Å². The number of hydrogen-bond acceptors (Lipinski definition) is 5. The topological polar surface area (TPSA) is 70.9 Å². The first-order valence-electron chi connectivity index (χ1n) is 9.21. The number of likely N-dealkylation sites (tertiary alicyclic amines) is 1. The minimum Gasteiger partial charge on any atom is -0.470 e. The van der Waals surface area contributed by atoms with Crippen LogP contribution in [0.25, 0.3) is 0 Å². The second-order valence-corrected chi connectivity index (χ2v) is 7.27. The number of halogens is 2. The highest BCUT2D eigenvalue weighted by Gasteiger charge is 2.41. The third-order valence-corrected chi connectivity index (χ3v) is 5.34. The van der Waals surface area contributed by atoms with Crippen LogP contribution >= 0.6 is 0 Å². The van der Waals surface area contributed by atoms with Crippen LogP contribution in [0.2, 0.25) is 0 Å². The number of nitrogens with zero attached hydrogens (tertiary/aromatic N) is 5. The van der Waals surface area contributed by atoms with Crippen molar-refractivity contribution in [3.63, 3.8) is 0 Å². The van der Waals surface area contributed by atoms with Gasteiger partial charge >= 0.3 is 6.03 Å². The van der Waals surface area contributed by atoms with Crippen LogP contribution in [0.4, 0.5) is 13.6 Å². The van der Waals surface area contributed by atoms with Gasteiger partial charge in [0.05, 0.1) is 19.1 Å². The van der Waals surface area contributed by atoms with E-state index in [0.717, 1.165) is 17.3 Å². The Hall–Kier alpha value is -2.84. The molecule has 3 aliphatic rings. The second kappa shape index (κ2) is 7.29. The highest BCUT2D eigenvalue weighted by atomic mass is 19.1. The van der Waals surface area contributed by atoms with Gasteiger partial charge in [-0.3, -0.25) is 0 Å². The van der Waals surface area contributed by atoms with Crippen molar-refractivity contribution >= 4 is 12.2 Å². The Kier molecular flexibility index (Phi) is 4.82. The lowest BCUT2D eigenvalue weighted by molar-refractivity contribution is 0.0226. The van der Waals surface area contributed by atoms with Gasteiger partial charge in [-0.2, -0.15) is 5.10 Å².